The summed E-state index contributed by atoms with van der Waals surface area (Å²) in [4.78, 5) is 25.2. The lowest BCUT2D eigenvalue weighted by Gasteiger charge is -2.31. The molecule has 0 bridgehead atoms. The number of carboxylic acids is 1. The Hall–Kier alpha value is -2.04. The largest absolute Gasteiger partial charge is 0.481 e. The van der Waals surface area contributed by atoms with Crippen molar-refractivity contribution in [2.45, 2.75) is 33.2 Å². The van der Waals surface area contributed by atoms with Gasteiger partial charge in [0.2, 0.25) is 0 Å². The Morgan fingerprint density at radius 2 is 2.00 bits per heavy atom. The molecule has 0 saturated heterocycles. The summed E-state index contributed by atoms with van der Waals surface area (Å²) in [5.41, 5.74) is 1.53. The highest BCUT2D eigenvalue weighted by Crippen LogP contribution is 2.21. The first kappa shape index (κ1) is 15.4. The average molecular weight is 290 g/mol. The summed E-state index contributed by atoms with van der Waals surface area (Å²) in [5.74, 6) is -0.880. The highest BCUT2D eigenvalue weighted by atomic mass is 16.4. The predicted molar refractivity (Wildman–Crippen MR) is 80.0 cm³/mol. The SMILES string of the molecule is CCC(C)(CNC(=O)N1CCc2ccccc2C1)C(=O)O. The molecule has 2 rings (SSSR count). The summed E-state index contributed by atoms with van der Waals surface area (Å²) in [6.45, 7) is 4.87. The minimum absolute atomic E-state index is 0.149. The maximum atomic E-state index is 12.2. The van der Waals surface area contributed by atoms with Gasteiger partial charge in [0.1, 0.15) is 0 Å². The third kappa shape index (κ3) is 3.35. The molecule has 0 spiro atoms. The first-order valence-corrected chi connectivity index (χ1v) is 7.29. The lowest BCUT2D eigenvalue weighted by molar-refractivity contribution is -0.147. The number of nitrogens with one attached hydrogen (secondary N) is 1. The molecule has 5 nitrogen and oxygen atoms in total. The van der Waals surface area contributed by atoms with Crippen molar-refractivity contribution in [3.05, 3.63) is 35.4 Å². The number of urea groups is 1. The quantitative estimate of drug-likeness (QED) is 0.893. The number of aliphatic carboxylic acids is 1. The van der Waals surface area contributed by atoms with Gasteiger partial charge in [0.15, 0.2) is 0 Å². The Kier molecular flexibility index (Phi) is 4.50. The van der Waals surface area contributed by atoms with Gasteiger partial charge in [0.05, 0.1) is 5.41 Å². The van der Waals surface area contributed by atoms with Gasteiger partial charge in [-0.25, -0.2) is 4.79 Å². The van der Waals surface area contributed by atoms with Crippen molar-refractivity contribution in [1.82, 2.24) is 10.2 Å². The number of benzene rings is 1. The lowest BCUT2D eigenvalue weighted by atomic mass is 9.88. The molecule has 0 fully saturated rings. The van der Waals surface area contributed by atoms with Crippen molar-refractivity contribution in [2.75, 3.05) is 13.1 Å². The molecule has 1 unspecified atom stereocenters. The number of carbonyl (C=O) groups excluding carboxylic acids is 1. The van der Waals surface area contributed by atoms with Crippen LogP contribution in [0.1, 0.15) is 31.4 Å². The van der Waals surface area contributed by atoms with E-state index in [2.05, 4.69) is 11.4 Å². The molecule has 0 aromatic heterocycles. The van der Waals surface area contributed by atoms with Crippen molar-refractivity contribution in [3.63, 3.8) is 0 Å². The van der Waals surface area contributed by atoms with Gasteiger partial charge in [0.25, 0.3) is 0 Å². The highest BCUT2D eigenvalue weighted by molar-refractivity contribution is 5.78. The second kappa shape index (κ2) is 6.16. The van der Waals surface area contributed by atoms with Gasteiger partial charge >= 0.3 is 12.0 Å². The number of carboxylic acid groups (broad SMARTS) is 1. The van der Waals surface area contributed by atoms with Crippen LogP contribution < -0.4 is 5.32 Å². The van der Waals surface area contributed by atoms with Crippen molar-refractivity contribution in [2.24, 2.45) is 5.41 Å². The molecule has 1 aliphatic rings. The molecule has 5 heteroatoms. The number of hydrogen-bond donors (Lipinski definition) is 2. The monoisotopic (exact) mass is 290 g/mol. The van der Waals surface area contributed by atoms with E-state index in [-0.39, 0.29) is 12.6 Å². The number of nitrogens with zero attached hydrogens (tertiary/aromatic N) is 1. The van der Waals surface area contributed by atoms with E-state index in [4.69, 9.17) is 0 Å². The lowest BCUT2D eigenvalue weighted by Crippen LogP contribution is -2.47. The molecule has 2 N–H and O–H groups in total. The molecule has 0 radical (unpaired) electrons. The Morgan fingerprint density at radius 3 is 2.62 bits per heavy atom. The number of fused-ring (bicyclic) bond motifs is 1. The summed E-state index contributed by atoms with van der Waals surface area (Å²) < 4.78 is 0. The first-order valence-electron chi connectivity index (χ1n) is 7.29. The van der Waals surface area contributed by atoms with Crippen molar-refractivity contribution in [3.8, 4) is 0 Å². The van der Waals surface area contributed by atoms with E-state index in [9.17, 15) is 14.7 Å². The van der Waals surface area contributed by atoms with Crippen LogP contribution in [0.25, 0.3) is 0 Å². The van der Waals surface area contributed by atoms with E-state index >= 15 is 0 Å². The normalized spacial score (nSPS) is 16.8. The van der Waals surface area contributed by atoms with Crippen LogP contribution >= 0.6 is 0 Å². The summed E-state index contributed by atoms with van der Waals surface area (Å²) in [5, 5.41) is 12.0. The second-order valence-electron chi connectivity index (χ2n) is 5.82. The minimum Gasteiger partial charge on any atom is -0.481 e. The van der Waals surface area contributed by atoms with E-state index in [1.807, 2.05) is 25.1 Å². The number of rotatable bonds is 4. The van der Waals surface area contributed by atoms with E-state index in [0.29, 0.717) is 19.5 Å². The Balaban J connectivity index is 1.95. The summed E-state index contributed by atoms with van der Waals surface area (Å²) in [6, 6.07) is 7.91. The maximum Gasteiger partial charge on any atom is 0.317 e. The Morgan fingerprint density at radius 1 is 1.33 bits per heavy atom. The molecule has 2 amide bonds. The summed E-state index contributed by atoms with van der Waals surface area (Å²) in [6.07, 6.45) is 1.32. The van der Waals surface area contributed by atoms with Crippen molar-refractivity contribution in [1.29, 1.82) is 0 Å². The average Bonchev–Trinajstić information content (AvgIpc) is 2.51. The standard InChI is InChI=1S/C16H22N2O3/c1-3-16(2,14(19)20)11-17-15(21)18-9-8-12-6-4-5-7-13(12)10-18/h4-7H,3,8-11H2,1-2H3,(H,17,21)(H,19,20). The van der Waals surface area contributed by atoms with Gasteiger partial charge in [-0.1, -0.05) is 31.2 Å². The van der Waals surface area contributed by atoms with Gasteiger partial charge in [-0.05, 0) is 30.9 Å². The van der Waals surface area contributed by atoms with Crippen LogP contribution in [-0.2, 0) is 17.8 Å². The van der Waals surface area contributed by atoms with E-state index in [1.165, 1.54) is 5.56 Å². The zero-order chi connectivity index (χ0) is 15.5. The fraction of sp³-hybridized carbons (Fsp3) is 0.500. The zero-order valence-electron chi connectivity index (χ0n) is 12.6. The van der Waals surface area contributed by atoms with Crippen LogP contribution in [-0.4, -0.2) is 35.1 Å². The molecule has 1 atom stereocenters. The predicted octanol–water partition coefficient (Wildman–Crippen LogP) is 2.26. The molecule has 0 saturated carbocycles. The Bertz CT molecular complexity index is 544. The topological polar surface area (TPSA) is 69.6 Å². The molecule has 1 aromatic carbocycles. The van der Waals surface area contributed by atoms with Gasteiger partial charge in [-0.3, -0.25) is 4.79 Å². The third-order valence-corrected chi connectivity index (χ3v) is 4.34. The van der Waals surface area contributed by atoms with Crippen molar-refractivity contribution >= 4 is 12.0 Å². The van der Waals surface area contributed by atoms with Gasteiger partial charge in [0, 0.05) is 19.6 Å². The minimum atomic E-state index is -0.913. The van der Waals surface area contributed by atoms with Crippen LogP contribution in [0.4, 0.5) is 4.79 Å². The van der Waals surface area contributed by atoms with Gasteiger partial charge < -0.3 is 15.3 Å². The van der Waals surface area contributed by atoms with E-state index in [1.54, 1.807) is 11.8 Å². The molecular weight excluding hydrogens is 268 g/mol. The highest BCUT2D eigenvalue weighted by Gasteiger charge is 2.32. The van der Waals surface area contributed by atoms with Crippen LogP contribution in [0.3, 0.4) is 0 Å². The number of hydrogen-bond acceptors (Lipinski definition) is 2. The van der Waals surface area contributed by atoms with Crippen LogP contribution in [0.2, 0.25) is 0 Å². The van der Waals surface area contributed by atoms with Gasteiger partial charge in [-0.15, -0.1) is 0 Å². The smallest absolute Gasteiger partial charge is 0.317 e. The fourth-order valence-electron chi connectivity index (χ4n) is 2.40. The molecule has 1 aliphatic heterocycles. The summed E-state index contributed by atoms with van der Waals surface area (Å²) >= 11 is 0. The second-order valence-corrected chi connectivity index (χ2v) is 5.82. The molecular formula is C16H22N2O3. The maximum absolute atomic E-state index is 12.2. The first-order chi connectivity index (χ1) is 9.96. The molecule has 114 valence electrons. The van der Waals surface area contributed by atoms with Gasteiger partial charge in [-0.2, -0.15) is 0 Å². The molecule has 21 heavy (non-hydrogen) atoms. The van der Waals surface area contributed by atoms with Crippen LogP contribution in [0, 0.1) is 5.41 Å². The summed E-state index contributed by atoms with van der Waals surface area (Å²) in [7, 11) is 0. The number of amides is 2. The van der Waals surface area contributed by atoms with Crippen LogP contribution in [0.15, 0.2) is 24.3 Å². The van der Waals surface area contributed by atoms with E-state index < -0.39 is 11.4 Å². The molecule has 0 aliphatic carbocycles. The Labute approximate surface area is 125 Å². The fourth-order valence-corrected chi connectivity index (χ4v) is 2.40. The molecule has 1 heterocycles. The van der Waals surface area contributed by atoms with Crippen molar-refractivity contribution < 1.29 is 14.7 Å². The third-order valence-electron chi connectivity index (χ3n) is 4.34. The zero-order valence-corrected chi connectivity index (χ0v) is 12.6. The molecule has 1 aromatic rings. The number of carbonyl (C=O) groups is 2. The van der Waals surface area contributed by atoms with E-state index in [0.717, 1.165) is 12.0 Å². The van der Waals surface area contributed by atoms with Crippen LogP contribution in [0.5, 0.6) is 0 Å².